The van der Waals surface area contributed by atoms with Crippen molar-refractivity contribution in [2.75, 3.05) is 4.72 Å². The molecule has 0 aliphatic heterocycles. The van der Waals surface area contributed by atoms with Gasteiger partial charge < -0.3 is 0 Å². The highest BCUT2D eigenvalue weighted by Crippen LogP contribution is 2.26. The summed E-state index contributed by atoms with van der Waals surface area (Å²) in [5, 5.41) is 4.32. The van der Waals surface area contributed by atoms with Gasteiger partial charge in [0.2, 0.25) is 0 Å². The minimum absolute atomic E-state index is 0.0168. The topological polar surface area (TPSA) is 64.0 Å². The summed E-state index contributed by atoms with van der Waals surface area (Å²) in [6.45, 7) is 0.557. The van der Waals surface area contributed by atoms with E-state index in [1.54, 1.807) is 16.9 Å². The van der Waals surface area contributed by atoms with Crippen LogP contribution in [-0.2, 0) is 16.6 Å². The van der Waals surface area contributed by atoms with Gasteiger partial charge in [0.15, 0.2) is 0 Å². The second kappa shape index (κ2) is 6.96. The molecule has 0 bridgehead atoms. The number of aromatic nitrogens is 2. The Morgan fingerprint density at radius 3 is 2.62 bits per heavy atom. The van der Waals surface area contributed by atoms with E-state index in [1.807, 2.05) is 30.3 Å². The van der Waals surface area contributed by atoms with Crippen LogP contribution in [0.15, 0.2) is 70.3 Å². The lowest BCUT2D eigenvalue weighted by Gasteiger charge is -2.08. The van der Waals surface area contributed by atoms with Crippen molar-refractivity contribution in [3.63, 3.8) is 0 Å². The maximum Gasteiger partial charge on any atom is 0.263 e. The van der Waals surface area contributed by atoms with Crippen LogP contribution in [0.5, 0.6) is 0 Å². The Bertz CT molecular complexity index is 958. The summed E-state index contributed by atoms with van der Waals surface area (Å²) in [4.78, 5) is 0.0168. The third kappa shape index (κ3) is 3.98. The number of sulfonamides is 1. The van der Waals surface area contributed by atoms with Crippen molar-refractivity contribution in [1.29, 1.82) is 0 Å². The quantitative estimate of drug-likeness (QED) is 0.666. The predicted molar refractivity (Wildman–Crippen MR) is 97.7 cm³/mol. The van der Waals surface area contributed by atoms with Gasteiger partial charge in [-0.05, 0) is 23.8 Å². The van der Waals surface area contributed by atoms with E-state index in [9.17, 15) is 8.42 Å². The summed E-state index contributed by atoms with van der Waals surface area (Å²) in [5.74, 6) is 0. The zero-order valence-corrected chi connectivity index (χ0v) is 15.5. The van der Waals surface area contributed by atoms with Crippen molar-refractivity contribution in [2.24, 2.45) is 0 Å². The highest BCUT2D eigenvalue weighted by Gasteiger charge is 2.19. The van der Waals surface area contributed by atoms with Gasteiger partial charge in [-0.15, -0.1) is 0 Å². The number of nitrogens with one attached hydrogen (secondary N) is 1. The van der Waals surface area contributed by atoms with Gasteiger partial charge >= 0.3 is 0 Å². The molecule has 0 unspecified atom stereocenters. The SMILES string of the molecule is O=S(=O)(Nc1cnn(Cc2ccccc2)c1)c1ccc(Br)cc1Cl. The molecule has 5 nitrogen and oxygen atoms in total. The van der Waals surface area contributed by atoms with Gasteiger partial charge in [-0.1, -0.05) is 57.9 Å². The Hall–Kier alpha value is -1.83. The normalized spacial score (nSPS) is 11.4. The van der Waals surface area contributed by atoms with Crippen LogP contribution in [0.4, 0.5) is 5.69 Å². The van der Waals surface area contributed by atoms with Gasteiger partial charge in [0.1, 0.15) is 4.90 Å². The minimum Gasteiger partial charge on any atom is -0.276 e. The molecule has 8 heteroatoms. The van der Waals surface area contributed by atoms with E-state index in [4.69, 9.17) is 11.6 Å². The molecule has 2 aromatic carbocycles. The molecule has 1 aromatic heterocycles. The maximum absolute atomic E-state index is 12.5. The summed E-state index contributed by atoms with van der Waals surface area (Å²) in [7, 11) is -3.78. The van der Waals surface area contributed by atoms with Gasteiger partial charge in [-0.25, -0.2) is 8.42 Å². The molecular weight excluding hydrogens is 414 g/mol. The number of rotatable bonds is 5. The van der Waals surface area contributed by atoms with Crippen molar-refractivity contribution in [3.05, 3.63) is 76.0 Å². The molecule has 1 heterocycles. The van der Waals surface area contributed by atoms with Gasteiger partial charge in [-0.2, -0.15) is 5.10 Å². The van der Waals surface area contributed by atoms with Gasteiger partial charge in [-0.3, -0.25) is 9.40 Å². The van der Waals surface area contributed by atoms with E-state index in [0.717, 1.165) is 5.56 Å². The fraction of sp³-hybridized carbons (Fsp3) is 0.0625. The largest absolute Gasteiger partial charge is 0.276 e. The average Bonchev–Trinajstić information content (AvgIpc) is 2.94. The molecule has 0 amide bonds. The monoisotopic (exact) mass is 425 g/mol. The van der Waals surface area contributed by atoms with Crippen molar-refractivity contribution in [3.8, 4) is 0 Å². The van der Waals surface area contributed by atoms with Crippen molar-refractivity contribution < 1.29 is 8.42 Å². The first-order chi connectivity index (χ1) is 11.4. The molecular formula is C16H13BrClN3O2S. The lowest BCUT2D eigenvalue weighted by molar-refractivity contribution is 0.601. The van der Waals surface area contributed by atoms with Gasteiger partial charge in [0.25, 0.3) is 10.0 Å². The fourth-order valence-corrected chi connectivity index (χ4v) is 4.24. The summed E-state index contributed by atoms with van der Waals surface area (Å²) in [6.07, 6.45) is 3.10. The molecule has 0 aliphatic carbocycles. The van der Waals surface area contributed by atoms with E-state index in [-0.39, 0.29) is 9.92 Å². The maximum atomic E-state index is 12.5. The Balaban J connectivity index is 1.78. The first-order valence-electron chi connectivity index (χ1n) is 6.98. The standard InChI is InChI=1S/C16H13BrClN3O2S/c17-13-6-7-16(15(18)8-13)24(22,23)20-14-9-19-21(11-14)10-12-4-2-1-3-5-12/h1-9,11,20H,10H2. The van der Waals surface area contributed by atoms with Crippen LogP contribution in [0.2, 0.25) is 5.02 Å². The molecule has 0 saturated heterocycles. The van der Waals surface area contributed by atoms with Crippen LogP contribution in [0.25, 0.3) is 0 Å². The highest BCUT2D eigenvalue weighted by molar-refractivity contribution is 9.10. The van der Waals surface area contributed by atoms with Crippen LogP contribution in [-0.4, -0.2) is 18.2 Å². The molecule has 0 radical (unpaired) electrons. The van der Waals surface area contributed by atoms with E-state index in [1.165, 1.54) is 18.3 Å². The molecule has 3 rings (SSSR count). The molecule has 124 valence electrons. The summed E-state index contributed by atoms with van der Waals surface area (Å²) in [5.41, 5.74) is 1.45. The Morgan fingerprint density at radius 2 is 1.92 bits per heavy atom. The molecule has 0 aliphatic rings. The molecule has 0 atom stereocenters. The van der Waals surface area contributed by atoms with Crippen LogP contribution >= 0.6 is 27.5 Å². The zero-order chi connectivity index (χ0) is 17.2. The third-order valence-electron chi connectivity index (χ3n) is 3.26. The third-order valence-corrected chi connectivity index (χ3v) is 5.61. The van der Waals surface area contributed by atoms with E-state index < -0.39 is 10.0 Å². The summed E-state index contributed by atoms with van der Waals surface area (Å²) < 4.78 is 29.8. The van der Waals surface area contributed by atoms with E-state index >= 15 is 0 Å². The summed E-state index contributed by atoms with van der Waals surface area (Å²) in [6, 6.07) is 14.4. The molecule has 0 saturated carbocycles. The number of benzene rings is 2. The smallest absolute Gasteiger partial charge is 0.263 e. The molecule has 1 N–H and O–H groups in total. The van der Waals surface area contributed by atoms with E-state index in [2.05, 4.69) is 25.8 Å². The number of hydrogen-bond acceptors (Lipinski definition) is 3. The van der Waals surface area contributed by atoms with Crippen molar-refractivity contribution >= 4 is 43.2 Å². The molecule has 0 spiro atoms. The minimum atomic E-state index is -3.78. The van der Waals surface area contributed by atoms with E-state index in [0.29, 0.717) is 16.7 Å². The lowest BCUT2D eigenvalue weighted by atomic mass is 10.2. The van der Waals surface area contributed by atoms with Crippen LogP contribution in [0.3, 0.4) is 0 Å². The number of anilines is 1. The van der Waals surface area contributed by atoms with Gasteiger partial charge in [0, 0.05) is 10.7 Å². The molecule has 3 aromatic rings. The first-order valence-corrected chi connectivity index (χ1v) is 9.64. The highest BCUT2D eigenvalue weighted by atomic mass is 79.9. The van der Waals surface area contributed by atoms with Crippen LogP contribution in [0.1, 0.15) is 5.56 Å². The second-order valence-corrected chi connectivity index (χ2v) is 8.07. The average molecular weight is 427 g/mol. The van der Waals surface area contributed by atoms with Crippen molar-refractivity contribution in [2.45, 2.75) is 11.4 Å². The summed E-state index contributed by atoms with van der Waals surface area (Å²) >= 11 is 9.27. The van der Waals surface area contributed by atoms with Gasteiger partial charge in [0.05, 0.1) is 23.5 Å². The number of hydrogen-bond donors (Lipinski definition) is 1. The fourth-order valence-electron chi connectivity index (χ4n) is 2.18. The number of nitrogens with zero attached hydrogens (tertiary/aromatic N) is 2. The predicted octanol–water partition coefficient (Wildman–Crippen LogP) is 4.15. The molecule has 0 fully saturated rings. The lowest BCUT2D eigenvalue weighted by Crippen LogP contribution is -2.13. The Kier molecular flexibility index (Phi) is 4.93. The Labute approximate surface area is 153 Å². The van der Waals surface area contributed by atoms with Crippen molar-refractivity contribution in [1.82, 2.24) is 9.78 Å². The Morgan fingerprint density at radius 1 is 1.17 bits per heavy atom. The number of halogens is 2. The first kappa shape index (κ1) is 17.0. The second-order valence-electron chi connectivity index (χ2n) is 5.09. The molecule has 24 heavy (non-hydrogen) atoms. The zero-order valence-electron chi connectivity index (χ0n) is 12.4. The van der Waals surface area contributed by atoms with Crippen LogP contribution < -0.4 is 4.72 Å². The van der Waals surface area contributed by atoms with Crippen LogP contribution in [0, 0.1) is 0 Å².